The zero-order valence-electron chi connectivity index (χ0n) is 9.50. The molecule has 0 aliphatic heterocycles. The third-order valence-electron chi connectivity index (χ3n) is 2.56. The van der Waals surface area contributed by atoms with Gasteiger partial charge in [0.1, 0.15) is 0 Å². The van der Waals surface area contributed by atoms with Crippen molar-refractivity contribution in [2.45, 2.75) is 13.5 Å². The summed E-state index contributed by atoms with van der Waals surface area (Å²) in [5.41, 5.74) is 3.26. The van der Waals surface area contributed by atoms with Crippen LogP contribution >= 0.6 is 23.2 Å². The van der Waals surface area contributed by atoms with E-state index in [1.54, 1.807) is 0 Å². The highest BCUT2D eigenvalue weighted by Crippen LogP contribution is 2.19. The maximum Gasteiger partial charge on any atom is 0.0438 e. The van der Waals surface area contributed by atoms with Gasteiger partial charge in [-0.25, -0.2) is 0 Å². The lowest BCUT2D eigenvalue weighted by Gasteiger charge is -2.08. The van der Waals surface area contributed by atoms with Gasteiger partial charge in [-0.2, -0.15) is 0 Å². The highest BCUT2D eigenvalue weighted by atomic mass is 35.5. The van der Waals surface area contributed by atoms with Crippen molar-refractivity contribution in [1.29, 1.82) is 0 Å². The van der Waals surface area contributed by atoms with Crippen LogP contribution in [0.25, 0.3) is 0 Å². The van der Waals surface area contributed by atoms with Gasteiger partial charge in [0, 0.05) is 22.3 Å². The van der Waals surface area contributed by atoms with Crippen LogP contribution in [0.5, 0.6) is 0 Å². The summed E-state index contributed by atoms with van der Waals surface area (Å²) < 4.78 is 0. The molecule has 3 heteroatoms. The minimum absolute atomic E-state index is 0.733. The van der Waals surface area contributed by atoms with Gasteiger partial charge in [-0.3, -0.25) is 0 Å². The first-order chi connectivity index (χ1) is 8.15. The molecule has 2 aromatic carbocycles. The van der Waals surface area contributed by atoms with Gasteiger partial charge in [0.05, 0.1) is 0 Å². The topological polar surface area (TPSA) is 12.0 Å². The predicted octanol–water partition coefficient (Wildman–Crippen LogP) is 4.91. The summed E-state index contributed by atoms with van der Waals surface area (Å²) in [6.07, 6.45) is 0. The monoisotopic (exact) mass is 265 g/mol. The van der Waals surface area contributed by atoms with Crippen molar-refractivity contribution in [3.63, 3.8) is 0 Å². The van der Waals surface area contributed by atoms with Crippen LogP contribution in [0.2, 0.25) is 10.0 Å². The molecule has 0 atom stereocenters. The summed E-state index contributed by atoms with van der Waals surface area (Å²) in [7, 11) is 0. The maximum atomic E-state index is 6.07. The fourth-order valence-corrected chi connectivity index (χ4v) is 1.94. The van der Waals surface area contributed by atoms with E-state index in [1.807, 2.05) is 43.3 Å². The molecule has 0 unspecified atom stereocenters. The Morgan fingerprint density at radius 1 is 1.06 bits per heavy atom. The lowest BCUT2D eigenvalue weighted by atomic mass is 10.1. The van der Waals surface area contributed by atoms with E-state index in [0.29, 0.717) is 0 Å². The first-order valence-electron chi connectivity index (χ1n) is 5.39. The van der Waals surface area contributed by atoms with Crippen LogP contribution in [0.3, 0.4) is 0 Å². The lowest BCUT2D eigenvalue weighted by Crippen LogP contribution is -1.99. The average molecular weight is 266 g/mol. The van der Waals surface area contributed by atoms with Crippen molar-refractivity contribution < 1.29 is 0 Å². The smallest absolute Gasteiger partial charge is 0.0438 e. The molecular formula is C14H13Cl2N. The molecule has 0 saturated heterocycles. The van der Waals surface area contributed by atoms with Crippen molar-refractivity contribution >= 4 is 28.9 Å². The summed E-state index contributed by atoms with van der Waals surface area (Å²) in [6.45, 7) is 2.73. The molecule has 0 radical (unpaired) electrons. The van der Waals surface area contributed by atoms with E-state index < -0.39 is 0 Å². The van der Waals surface area contributed by atoms with E-state index in [4.69, 9.17) is 23.2 Å². The largest absolute Gasteiger partial charge is 0.381 e. The van der Waals surface area contributed by atoms with Gasteiger partial charge in [0.15, 0.2) is 0 Å². The molecule has 1 nitrogen and oxygen atoms in total. The van der Waals surface area contributed by atoms with Crippen LogP contribution in [0.4, 0.5) is 5.69 Å². The van der Waals surface area contributed by atoms with Crippen molar-refractivity contribution in [2.75, 3.05) is 5.32 Å². The second-order valence-electron chi connectivity index (χ2n) is 3.95. The van der Waals surface area contributed by atoms with E-state index in [1.165, 1.54) is 0 Å². The molecule has 88 valence electrons. The molecule has 0 bridgehead atoms. The van der Waals surface area contributed by atoms with Gasteiger partial charge < -0.3 is 5.32 Å². The number of rotatable bonds is 3. The van der Waals surface area contributed by atoms with Crippen LogP contribution in [0, 0.1) is 6.92 Å². The van der Waals surface area contributed by atoms with Crippen LogP contribution in [0.1, 0.15) is 11.1 Å². The van der Waals surface area contributed by atoms with Crippen LogP contribution < -0.4 is 5.32 Å². The third kappa shape index (κ3) is 3.39. The highest BCUT2D eigenvalue weighted by Gasteiger charge is 1.98. The SMILES string of the molecule is Cc1ccc(CNc2cccc(Cl)c2)cc1Cl. The molecule has 0 fully saturated rings. The van der Waals surface area contributed by atoms with Gasteiger partial charge in [-0.1, -0.05) is 41.4 Å². The van der Waals surface area contributed by atoms with Crippen molar-refractivity contribution in [3.05, 3.63) is 63.6 Å². The molecule has 0 spiro atoms. The Morgan fingerprint density at radius 3 is 2.59 bits per heavy atom. The van der Waals surface area contributed by atoms with Gasteiger partial charge in [0.25, 0.3) is 0 Å². The van der Waals surface area contributed by atoms with E-state index in [0.717, 1.165) is 33.4 Å². The normalized spacial score (nSPS) is 10.3. The summed E-state index contributed by atoms with van der Waals surface area (Å²) in [5, 5.41) is 4.84. The summed E-state index contributed by atoms with van der Waals surface area (Å²) in [6, 6.07) is 13.7. The molecule has 0 aromatic heterocycles. The van der Waals surface area contributed by atoms with Crippen LogP contribution in [-0.4, -0.2) is 0 Å². The van der Waals surface area contributed by atoms with Gasteiger partial charge in [0.2, 0.25) is 0 Å². The van der Waals surface area contributed by atoms with Gasteiger partial charge in [-0.05, 0) is 42.3 Å². The second kappa shape index (κ2) is 5.44. The Morgan fingerprint density at radius 2 is 1.88 bits per heavy atom. The minimum atomic E-state index is 0.733. The fraction of sp³-hybridized carbons (Fsp3) is 0.143. The quantitative estimate of drug-likeness (QED) is 0.831. The van der Waals surface area contributed by atoms with Gasteiger partial charge in [-0.15, -0.1) is 0 Å². The Labute approximate surface area is 111 Å². The molecule has 1 N–H and O–H groups in total. The number of anilines is 1. The number of aryl methyl sites for hydroxylation is 1. The number of hydrogen-bond acceptors (Lipinski definition) is 1. The maximum absolute atomic E-state index is 6.07. The summed E-state index contributed by atoms with van der Waals surface area (Å²) in [5.74, 6) is 0. The van der Waals surface area contributed by atoms with Crippen molar-refractivity contribution in [2.24, 2.45) is 0 Å². The lowest BCUT2D eigenvalue weighted by molar-refractivity contribution is 1.14. The first kappa shape index (κ1) is 12.3. The molecule has 0 saturated carbocycles. The number of hydrogen-bond donors (Lipinski definition) is 1. The molecular weight excluding hydrogens is 253 g/mol. The molecule has 0 aliphatic rings. The molecule has 0 aliphatic carbocycles. The highest BCUT2D eigenvalue weighted by molar-refractivity contribution is 6.31. The van der Waals surface area contributed by atoms with E-state index in [-0.39, 0.29) is 0 Å². The van der Waals surface area contributed by atoms with E-state index >= 15 is 0 Å². The van der Waals surface area contributed by atoms with E-state index in [2.05, 4.69) is 11.4 Å². The first-order valence-corrected chi connectivity index (χ1v) is 6.15. The summed E-state index contributed by atoms with van der Waals surface area (Å²) >= 11 is 12.0. The zero-order chi connectivity index (χ0) is 12.3. The Kier molecular flexibility index (Phi) is 3.93. The standard InChI is InChI=1S/C14H13Cl2N/c1-10-5-6-11(7-14(10)16)9-17-13-4-2-3-12(15)8-13/h2-8,17H,9H2,1H3. The molecule has 2 rings (SSSR count). The number of benzene rings is 2. The van der Waals surface area contributed by atoms with Crippen LogP contribution in [-0.2, 0) is 6.54 Å². The third-order valence-corrected chi connectivity index (χ3v) is 3.20. The molecule has 17 heavy (non-hydrogen) atoms. The Balaban J connectivity index is 2.05. The molecule has 0 heterocycles. The Hall–Kier alpha value is -1.18. The van der Waals surface area contributed by atoms with Crippen molar-refractivity contribution in [1.82, 2.24) is 0 Å². The van der Waals surface area contributed by atoms with Crippen molar-refractivity contribution in [3.8, 4) is 0 Å². The predicted molar refractivity (Wildman–Crippen MR) is 75.0 cm³/mol. The molecule has 2 aromatic rings. The number of halogens is 2. The number of nitrogens with one attached hydrogen (secondary N) is 1. The second-order valence-corrected chi connectivity index (χ2v) is 4.79. The Bertz CT molecular complexity index is 523. The molecule has 0 amide bonds. The van der Waals surface area contributed by atoms with E-state index in [9.17, 15) is 0 Å². The fourth-order valence-electron chi connectivity index (χ4n) is 1.55. The summed E-state index contributed by atoms with van der Waals surface area (Å²) in [4.78, 5) is 0. The average Bonchev–Trinajstić information content (AvgIpc) is 2.31. The zero-order valence-corrected chi connectivity index (χ0v) is 11.0. The van der Waals surface area contributed by atoms with Gasteiger partial charge >= 0.3 is 0 Å². The van der Waals surface area contributed by atoms with Crippen LogP contribution in [0.15, 0.2) is 42.5 Å². The minimum Gasteiger partial charge on any atom is -0.381 e.